The van der Waals surface area contributed by atoms with E-state index < -0.39 is 41.6 Å². The van der Waals surface area contributed by atoms with E-state index in [1.54, 1.807) is 43.3 Å². The quantitative estimate of drug-likeness (QED) is 0.135. The largest absolute Gasteiger partial charge is 0.468 e. The number of esters is 1. The van der Waals surface area contributed by atoms with Gasteiger partial charge in [0, 0.05) is 33.4 Å². The number of methoxy groups -OCH3 is 3. The fourth-order valence-electron chi connectivity index (χ4n) is 5.43. The Bertz CT molecular complexity index is 1560. The summed E-state index contributed by atoms with van der Waals surface area (Å²) in [5.41, 5.74) is -1.81. The van der Waals surface area contributed by atoms with Crippen LogP contribution >= 0.6 is 0 Å². The normalized spacial score (nSPS) is 18.2. The summed E-state index contributed by atoms with van der Waals surface area (Å²) in [5.74, 6) is -2.00. The Balaban J connectivity index is 1.90. The molecule has 1 saturated heterocycles. The lowest BCUT2D eigenvalue weighted by Crippen LogP contribution is -2.69. The van der Waals surface area contributed by atoms with E-state index >= 15 is 4.79 Å². The highest BCUT2D eigenvalue weighted by molar-refractivity contribution is 6.08. The molecule has 3 unspecified atom stereocenters. The van der Waals surface area contributed by atoms with Crippen molar-refractivity contribution in [2.45, 2.75) is 44.1 Å². The van der Waals surface area contributed by atoms with Gasteiger partial charge in [0.15, 0.2) is 13.6 Å². The summed E-state index contributed by atoms with van der Waals surface area (Å²) in [5, 5.41) is 13.4. The number of benzene rings is 3. The van der Waals surface area contributed by atoms with Crippen LogP contribution in [0.1, 0.15) is 68.9 Å². The van der Waals surface area contributed by atoms with Crippen LogP contribution in [0.4, 0.5) is 4.79 Å². The van der Waals surface area contributed by atoms with Gasteiger partial charge in [0.25, 0.3) is 11.6 Å². The summed E-state index contributed by atoms with van der Waals surface area (Å²) in [4.78, 5) is 56.6. The molecular weight excluding hydrogens is 624 g/mol. The molecule has 2 N–H and O–H groups in total. The lowest BCUT2D eigenvalue weighted by Gasteiger charge is -2.43. The topological polar surface area (TPSA) is 159 Å². The number of hydrogen-bond donors (Lipinski definition) is 2. The summed E-state index contributed by atoms with van der Waals surface area (Å²) in [6.45, 7) is 1.39. The molecule has 0 aliphatic carbocycles. The van der Waals surface area contributed by atoms with E-state index in [0.717, 1.165) is 4.90 Å². The molecule has 1 aliphatic rings. The van der Waals surface area contributed by atoms with Gasteiger partial charge in [-0.3, -0.25) is 14.5 Å². The van der Waals surface area contributed by atoms with E-state index in [2.05, 4.69) is 5.32 Å². The van der Waals surface area contributed by atoms with Gasteiger partial charge in [-0.1, -0.05) is 24.3 Å². The molecule has 1 aliphatic heterocycles. The van der Waals surface area contributed by atoms with Gasteiger partial charge in [0.2, 0.25) is 5.78 Å². The SMILES string of the molecule is COCOc1ccc(C(=O)NC2CCCCN(C(=O)O)C2(OC(=O)c2ccccc2)C(=O)c2cc(C(C)OC)ccc2OCOC)cc1. The molecule has 0 bridgehead atoms. The molecule has 4 rings (SSSR count). The molecule has 256 valence electrons. The molecule has 48 heavy (non-hydrogen) atoms. The molecular formula is C35H40N2O11. The third-order valence-electron chi connectivity index (χ3n) is 7.98. The second-order valence-electron chi connectivity index (χ2n) is 11.0. The Labute approximate surface area is 278 Å². The lowest BCUT2D eigenvalue weighted by atomic mass is 9.88. The average molecular weight is 665 g/mol. The Kier molecular flexibility index (Phi) is 12.5. The van der Waals surface area contributed by atoms with Crippen molar-refractivity contribution < 1.29 is 52.7 Å². The van der Waals surface area contributed by atoms with Crippen LogP contribution in [0.15, 0.2) is 72.8 Å². The summed E-state index contributed by atoms with van der Waals surface area (Å²) < 4.78 is 32.8. The molecule has 0 saturated carbocycles. The zero-order valence-electron chi connectivity index (χ0n) is 27.3. The predicted octanol–water partition coefficient (Wildman–Crippen LogP) is 5.06. The van der Waals surface area contributed by atoms with Gasteiger partial charge in [-0.15, -0.1) is 0 Å². The van der Waals surface area contributed by atoms with Crippen molar-refractivity contribution >= 4 is 23.8 Å². The van der Waals surface area contributed by atoms with Crippen LogP contribution in [0.2, 0.25) is 0 Å². The smallest absolute Gasteiger partial charge is 0.410 e. The monoisotopic (exact) mass is 664 g/mol. The van der Waals surface area contributed by atoms with Crippen LogP contribution in [-0.2, 0) is 18.9 Å². The lowest BCUT2D eigenvalue weighted by molar-refractivity contribution is -0.0935. The first-order chi connectivity index (χ1) is 23.2. The maximum Gasteiger partial charge on any atom is 0.410 e. The number of rotatable bonds is 14. The van der Waals surface area contributed by atoms with E-state index in [1.165, 1.54) is 57.7 Å². The van der Waals surface area contributed by atoms with Crippen molar-refractivity contribution in [2.24, 2.45) is 0 Å². The minimum atomic E-state index is -2.56. The summed E-state index contributed by atoms with van der Waals surface area (Å²) in [7, 11) is 4.39. The maximum absolute atomic E-state index is 15.2. The number of amides is 2. The predicted molar refractivity (Wildman–Crippen MR) is 172 cm³/mol. The molecule has 0 spiro atoms. The van der Waals surface area contributed by atoms with Gasteiger partial charge >= 0.3 is 12.1 Å². The second-order valence-corrected chi connectivity index (χ2v) is 11.0. The Morgan fingerprint density at radius 3 is 2.23 bits per heavy atom. The van der Waals surface area contributed by atoms with Crippen LogP contribution in [0.5, 0.6) is 11.5 Å². The molecule has 3 aromatic carbocycles. The maximum atomic E-state index is 15.2. The number of Topliss-reactive ketones (excluding diaryl/α,β-unsaturated/α-hetero) is 1. The van der Waals surface area contributed by atoms with Crippen LogP contribution in [-0.4, -0.2) is 87.0 Å². The van der Waals surface area contributed by atoms with Crippen molar-refractivity contribution in [2.75, 3.05) is 41.5 Å². The summed E-state index contributed by atoms with van der Waals surface area (Å²) >= 11 is 0. The number of nitrogens with one attached hydrogen (secondary N) is 1. The summed E-state index contributed by atoms with van der Waals surface area (Å²) in [6.07, 6.45) is -1.15. The molecule has 13 nitrogen and oxygen atoms in total. The van der Waals surface area contributed by atoms with Crippen LogP contribution in [0.25, 0.3) is 0 Å². The van der Waals surface area contributed by atoms with Crippen molar-refractivity contribution in [3.8, 4) is 11.5 Å². The van der Waals surface area contributed by atoms with E-state index in [0.29, 0.717) is 24.2 Å². The van der Waals surface area contributed by atoms with Crippen molar-refractivity contribution in [1.29, 1.82) is 0 Å². The van der Waals surface area contributed by atoms with Gasteiger partial charge in [-0.25, -0.2) is 9.59 Å². The number of hydrogen-bond acceptors (Lipinski definition) is 10. The first-order valence-corrected chi connectivity index (χ1v) is 15.3. The first-order valence-electron chi connectivity index (χ1n) is 15.3. The molecule has 0 aromatic heterocycles. The fourth-order valence-corrected chi connectivity index (χ4v) is 5.43. The Hall–Kier alpha value is -4.98. The highest BCUT2D eigenvalue weighted by atomic mass is 16.7. The van der Waals surface area contributed by atoms with E-state index in [-0.39, 0.29) is 49.0 Å². The number of carboxylic acid groups (broad SMARTS) is 1. The third-order valence-corrected chi connectivity index (χ3v) is 7.98. The van der Waals surface area contributed by atoms with Crippen molar-refractivity contribution in [3.05, 3.63) is 95.1 Å². The average Bonchev–Trinajstić information content (AvgIpc) is 3.29. The number of carbonyl (C=O) groups excluding carboxylic acids is 3. The number of ketones is 1. The highest BCUT2D eigenvalue weighted by Gasteiger charge is 2.58. The van der Waals surface area contributed by atoms with Gasteiger partial charge in [-0.2, -0.15) is 0 Å². The minimum absolute atomic E-state index is 0.0104. The molecule has 3 atom stereocenters. The fraction of sp³-hybridized carbons (Fsp3) is 0.371. The Morgan fingerprint density at radius 2 is 1.58 bits per heavy atom. The molecule has 0 radical (unpaired) electrons. The highest BCUT2D eigenvalue weighted by Crippen LogP contribution is 2.38. The molecule has 1 fully saturated rings. The van der Waals surface area contributed by atoms with Crippen molar-refractivity contribution in [3.63, 3.8) is 0 Å². The van der Waals surface area contributed by atoms with Gasteiger partial charge < -0.3 is 38.8 Å². The zero-order valence-corrected chi connectivity index (χ0v) is 27.3. The van der Waals surface area contributed by atoms with Crippen LogP contribution < -0.4 is 14.8 Å². The third kappa shape index (κ3) is 8.11. The first kappa shape index (κ1) is 35.9. The Morgan fingerprint density at radius 1 is 0.896 bits per heavy atom. The van der Waals surface area contributed by atoms with Gasteiger partial charge in [-0.05, 0) is 80.3 Å². The zero-order chi connectivity index (χ0) is 34.7. The molecule has 3 aromatic rings. The number of nitrogens with zero attached hydrogens (tertiary/aromatic N) is 1. The molecule has 1 heterocycles. The van der Waals surface area contributed by atoms with E-state index in [4.69, 9.17) is 28.4 Å². The molecule has 13 heteroatoms. The van der Waals surface area contributed by atoms with E-state index in [1.807, 2.05) is 0 Å². The second kappa shape index (κ2) is 16.7. The van der Waals surface area contributed by atoms with Crippen molar-refractivity contribution in [1.82, 2.24) is 10.2 Å². The minimum Gasteiger partial charge on any atom is -0.468 e. The van der Waals surface area contributed by atoms with E-state index in [9.17, 15) is 19.5 Å². The number of ether oxygens (including phenoxy) is 6. The van der Waals surface area contributed by atoms with Crippen LogP contribution in [0.3, 0.4) is 0 Å². The van der Waals surface area contributed by atoms with Gasteiger partial charge in [0.1, 0.15) is 11.5 Å². The number of likely N-dealkylation sites (tertiary alicyclic amines) is 1. The van der Waals surface area contributed by atoms with Gasteiger partial charge in [0.05, 0.1) is 23.3 Å². The number of carbonyl (C=O) groups is 4. The summed E-state index contributed by atoms with van der Waals surface area (Å²) in [6, 6.07) is 17.5. The molecule has 2 amide bonds. The van der Waals surface area contributed by atoms with Crippen LogP contribution in [0, 0.1) is 0 Å². The standard InChI is InChI=1S/C35H40N2O11/c1-23(45-4)26-15-18-29(47-22-44-3)28(20-26)31(38)35(48-33(40)25-10-6-5-7-11-25)30(12-8-9-19-37(35)34(41)42)36-32(39)24-13-16-27(17-14-24)46-21-43-2/h5-7,10-11,13-18,20,23,30H,8-9,12,19,21-22H2,1-4H3,(H,36,39)(H,41,42).